The van der Waals surface area contributed by atoms with Gasteiger partial charge in [-0.1, -0.05) is 25.6 Å². The zero-order chi connectivity index (χ0) is 11.6. The van der Waals surface area contributed by atoms with Crippen molar-refractivity contribution in [1.29, 1.82) is 0 Å². The number of thioether (sulfide) groups is 1. The summed E-state index contributed by atoms with van der Waals surface area (Å²) in [5.74, 6) is 0. The highest BCUT2D eigenvalue weighted by Gasteiger charge is 2.41. The van der Waals surface area contributed by atoms with Crippen molar-refractivity contribution < 1.29 is 0 Å². The zero-order valence-electron chi connectivity index (χ0n) is 10.1. The fraction of sp³-hybridized carbons (Fsp3) is 0.667. The van der Waals surface area contributed by atoms with Crippen LogP contribution in [0.1, 0.15) is 26.7 Å². The molecular weight excluding hydrogens is 218 g/mol. The summed E-state index contributed by atoms with van der Waals surface area (Å²) < 4.78 is 0. The van der Waals surface area contributed by atoms with Gasteiger partial charge in [0.15, 0.2) is 0 Å². The lowest BCUT2D eigenvalue weighted by Gasteiger charge is -2.29. The highest BCUT2D eigenvalue weighted by Crippen LogP contribution is 2.44. The van der Waals surface area contributed by atoms with Crippen molar-refractivity contribution in [3.8, 4) is 0 Å². The minimum absolute atomic E-state index is 0.384. The minimum Gasteiger partial charge on any atom is -0.315 e. The Balaban J connectivity index is 2.06. The Bertz CT molecular complexity index is 339. The van der Waals surface area contributed by atoms with Crippen molar-refractivity contribution in [2.45, 2.75) is 43.0 Å². The number of nitrogens with one attached hydrogen (secondary N) is 1. The molecule has 0 bridgehead atoms. The lowest BCUT2D eigenvalue weighted by Crippen LogP contribution is -2.41. The average Bonchev–Trinajstić information content (AvgIpc) is 2.55. The van der Waals surface area contributed by atoms with E-state index in [1.807, 2.05) is 18.0 Å². The average molecular weight is 237 g/mol. The Kier molecular flexibility index (Phi) is 3.50. The van der Waals surface area contributed by atoms with E-state index in [0.29, 0.717) is 16.7 Å². The predicted molar refractivity (Wildman–Crippen MR) is 67.5 cm³/mol. The largest absolute Gasteiger partial charge is 0.315 e. The molecule has 1 aromatic rings. The maximum Gasteiger partial charge on any atom is 0.115 e. The molecule has 2 rings (SSSR count). The van der Waals surface area contributed by atoms with E-state index in [2.05, 4.69) is 36.2 Å². The van der Waals surface area contributed by atoms with E-state index < -0.39 is 0 Å². The highest BCUT2D eigenvalue weighted by atomic mass is 32.2. The molecule has 3 nitrogen and oxygen atoms in total. The number of hydrogen-bond donors (Lipinski definition) is 1. The van der Waals surface area contributed by atoms with Gasteiger partial charge in [-0.2, -0.15) is 0 Å². The number of aromatic nitrogens is 2. The van der Waals surface area contributed by atoms with Gasteiger partial charge in [-0.05, 0) is 25.3 Å². The van der Waals surface area contributed by atoms with E-state index >= 15 is 0 Å². The van der Waals surface area contributed by atoms with E-state index in [4.69, 9.17) is 0 Å². The van der Waals surface area contributed by atoms with E-state index in [-0.39, 0.29) is 0 Å². The second-order valence-electron chi connectivity index (χ2n) is 4.99. The molecule has 1 heterocycles. The first kappa shape index (κ1) is 11.9. The Morgan fingerprint density at radius 1 is 1.44 bits per heavy atom. The van der Waals surface area contributed by atoms with Crippen LogP contribution < -0.4 is 5.32 Å². The molecule has 0 radical (unpaired) electrons. The number of hydrogen-bond acceptors (Lipinski definition) is 4. The van der Waals surface area contributed by atoms with E-state index in [1.54, 1.807) is 12.4 Å². The lowest BCUT2D eigenvalue weighted by atomic mass is 9.87. The van der Waals surface area contributed by atoms with Crippen molar-refractivity contribution in [1.82, 2.24) is 15.3 Å². The second-order valence-corrected chi connectivity index (χ2v) is 6.25. The maximum atomic E-state index is 4.33. The molecule has 1 aromatic heterocycles. The molecule has 0 aromatic carbocycles. The van der Waals surface area contributed by atoms with Gasteiger partial charge in [0.2, 0.25) is 0 Å². The van der Waals surface area contributed by atoms with Gasteiger partial charge in [-0.25, -0.2) is 4.98 Å². The summed E-state index contributed by atoms with van der Waals surface area (Å²) in [5.41, 5.74) is 0.384. The molecule has 2 atom stereocenters. The molecule has 0 spiro atoms. The third kappa shape index (κ3) is 2.38. The molecule has 1 aliphatic rings. The van der Waals surface area contributed by atoms with Gasteiger partial charge in [0, 0.05) is 23.7 Å². The standard InChI is InChI=1S/C12H19N3S/c1-12(2)5-4-9(11(12)13-3)16-10-8-14-6-7-15-10/h6-9,11,13H,4-5H2,1-3H3. The van der Waals surface area contributed by atoms with Crippen LogP contribution in [0.2, 0.25) is 0 Å². The fourth-order valence-electron chi connectivity index (χ4n) is 2.54. The molecule has 1 aliphatic carbocycles. The molecule has 1 N–H and O–H groups in total. The van der Waals surface area contributed by atoms with Gasteiger partial charge < -0.3 is 5.32 Å². The summed E-state index contributed by atoms with van der Waals surface area (Å²) in [6.45, 7) is 4.68. The fourth-order valence-corrected chi connectivity index (χ4v) is 3.97. The lowest BCUT2D eigenvalue weighted by molar-refractivity contribution is 0.300. The first-order valence-electron chi connectivity index (χ1n) is 5.73. The van der Waals surface area contributed by atoms with Gasteiger partial charge in [-0.3, -0.25) is 4.98 Å². The van der Waals surface area contributed by atoms with Crippen molar-refractivity contribution in [2.24, 2.45) is 5.41 Å². The van der Waals surface area contributed by atoms with Crippen LogP contribution in [0.25, 0.3) is 0 Å². The van der Waals surface area contributed by atoms with Crippen molar-refractivity contribution in [3.63, 3.8) is 0 Å². The quantitative estimate of drug-likeness (QED) is 0.875. The van der Waals surface area contributed by atoms with Gasteiger partial charge >= 0.3 is 0 Å². The summed E-state index contributed by atoms with van der Waals surface area (Å²) in [7, 11) is 2.06. The number of nitrogens with zero attached hydrogens (tertiary/aromatic N) is 2. The molecule has 0 amide bonds. The van der Waals surface area contributed by atoms with Crippen molar-refractivity contribution in [2.75, 3.05) is 7.05 Å². The van der Waals surface area contributed by atoms with Crippen LogP contribution in [0.3, 0.4) is 0 Å². The highest BCUT2D eigenvalue weighted by molar-refractivity contribution is 7.99. The van der Waals surface area contributed by atoms with Gasteiger partial charge in [0.05, 0.1) is 6.20 Å². The Labute approximate surface area is 101 Å². The summed E-state index contributed by atoms with van der Waals surface area (Å²) in [6, 6.07) is 0.555. The van der Waals surface area contributed by atoms with Crippen LogP contribution >= 0.6 is 11.8 Å². The topological polar surface area (TPSA) is 37.8 Å². The predicted octanol–water partition coefficient (Wildman–Crippen LogP) is 2.35. The Hall–Kier alpha value is -0.610. The third-order valence-electron chi connectivity index (χ3n) is 3.41. The Morgan fingerprint density at radius 2 is 2.25 bits per heavy atom. The molecular formula is C12H19N3S. The van der Waals surface area contributed by atoms with Crippen LogP contribution in [-0.2, 0) is 0 Å². The molecule has 2 unspecified atom stereocenters. The number of rotatable bonds is 3. The second kappa shape index (κ2) is 4.72. The van der Waals surface area contributed by atoms with Gasteiger partial charge in [0.25, 0.3) is 0 Å². The normalized spacial score (nSPS) is 28.2. The minimum atomic E-state index is 0.384. The van der Waals surface area contributed by atoms with Crippen LogP contribution in [0.15, 0.2) is 23.6 Å². The molecule has 1 saturated carbocycles. The molecule has 4 heteroatoms. The van der Waals surface area contributed by atoms with Crippen LogP contribution in [0.4, 0.5) is 0 Å². The van der Waals surface area contributed by atoms with Crippen LogP contribution in [0, 0.1) is 5.41 Å². The maximum absolute atomic E-state index is 4.33. The zero-order valence-corrected chi connectivity index (χ0v) is 10.9. The molecule has 0 saturated heterocycles. The van der Waals surface area contributed by atoms with E-state index in [9.17, 15) is 0 Å². The summed E-state index contributed by atoms with van der Waals surface area (Å²) in [5, 5.41) is 5.10. The summed E-state index contributed by atoms with van der Waals surface area (Å²) >= 11 is 1.85. The van der Waals surface area contributed by atoms with Gasteiger partial charge in [0.1, 0.15) is 5.03 Å². The molecule has 1 fully saturated rings. The van der Waals surface area contributed by atoms with Crippen LogP contribution in [-0.4, -0.2) is 28.3 Å². The summed E-state index contributed by atoms with van der Waals surface area (Å²) in [4.78, 5) is 8.44. The van der Waals surface area contributed by atoms with Crippen molar-refractivity contribution in [3.05, 3.63) is 18.6 Å². The SMILES string of the molecule is CNC1C(Sc2cnccn2)CCC1(C)C. The van der Waals surface area contributed by atoms with Crippen LogP contribution in [0.5, 0.6) is 0 Å². The summed E-state index contributed by atoms with van der Waals surface area (Å²) in [6.07, 6.45) is 7.86. The first-order valence-corrected chi connectivity index (χ1v) is 6.61. The van der Waals surface area contributed by atoms with E-state index in [1.165, 1.54) is 12.8 Å². The smallest absolute Gasteiger partial charge is 0.115 e. The monoisotopic (exact) mass is 237 g/mol. The molecule has 88 valence electrons. The van der Waals surface area contributed by atoms with Crippen molar-refractivity contribution >= 4 is 11.8 Å². The van der Waals surface area contributed by atoms with E-state index in [0.717, 1.165) is 5.03 Å². The Morgan fingerprint density at radius 3 is 2.88 bits per heavy atom. The van der Waals surface area contributed by atoms with Gasteiger partial charge in [-0.15, -0.1) is 0 Å². The molecule has 0 aliphatic heterocycles. The third-order valence-corrected chi connectivity index (χ3v) is 4.67. The first-order chi connectivity index (χ1) is 7.63. The molecule has 16 heavy (non-hydrogen) atoms.